The number of carboxylic acids is 1. The minimum absolute atomic E-state index is 0.356. The van der Waals surface area contributed by atoms with E-state index in [9.17, 15) is 53.2 Å². The van der Waals surface area contributed by atoms with Crippen molar-refractivity contribution in [3.05, 3.63) is 0 Å². The van der Waals surface area contributed by atoms with E-state index in [0.717, 1.165) is 0 Å². The fourth-order valence-corrected chi connectivity index (χ4v) is 5.57. The van der Waals surface area contributed by atoms with E-state index in [0.29, 0.717) is 0 Å². The van der Waals surface area contributed by atoms with Crippen molar-refractivity contribution in [2.75, 3.05) is 38.8 Å². The van der Waals surface area contributed by atoms with Crippen molar-refractivity contribution >= 4 is 22.0 Å². The normalized spacial score (nSPS) is 38.1. The number of aliphatic carboxylic acids is 1. The van der Waals surface area contributed by atoms with Gasteiger partial charge in [0.1, 0.15) is 18.3 Å². The molecule has 1 amide bonds. The van der Waals surface area contributed by atoms with Crippen LogP contribution in [0.4, 0.5) is 0 Å². The lowest BCUT2D eigenvalue weighted by Gasteiger charge is -2.46. The number of amides is 1. The third kappa shape index (κ3) is 7.51. The van der Waals surface area contributed by atoms with E-state index in [4.69, 9.17) is 14.2 Å². The minimum atomic E-state index is -4.57. The van der Waals surface area contributed by atoms with Crippen molar-refractivity contribution in [1.29, 1.82) is 0 Å². The summed E-state index contributed by atoms with van der Waals surface area (Å²) in [6, 6.07) is -1.000. The lowest BCUT2D eigenvalue weighted by Crippen LogP contribution is -2.62. The number of aliphatic hydroxyl groups excluding tert-OH is 5. The van der Waals surface area contributed by atoms with Gasteiger partial charge in [0.25, 0.3) is 10.1 Å². The number of hydrogen-bond donors (Lipinski definition) is 8. The van der Waals surface area contributed by atoms with Crippen LogP contribution >= 0.6 is 0 Å². The Labute approximate surface area is 201 Å². The molecule has 2 fully saturated rings. The predicted molar refractivity (Wildman–Crippen MR) is 114 cm³/mol. The Morgan fingerprint density at radius 3 is 2.00 bits per heavy atom. The van der Waals surface area contributed by atoms with Crippen molar-refractivity contribution < 1.29 is 67.4 Å². The average Bonchev–Trinajstić information content (AvgIpc) is 2.76. The van der Waals surface area contributed by atoms with Gasteiger partial charge in [-0.1, -0.05) is 0 Å². The predicted octanol–water partition coefficient (Wildman–Crippen LogP) is -4.44. The summed E-state index contributed by atoms with van der Waals surface area (Å²) in [4.78, 5) is 23.2. The number of carbonyl (C=O) groups is 2. The molecule has 10 atom stereocenters. The van der Waals surface area contributed by atoms with E-state index in [2.05, 4.69) is 5.32 Å². The second-order valence-electron chi connectivity index (χ2n) is 8.68. The lowest BCUT2D eigenvalue weighted by molar-refractivity contribution is -0.228. The summed E-state index contributed by atoms with van der Waals surface area (Å²) in [7, 11) is -4.57. The quantitative estimate of drug-likeness (QED) is 0.117. The fraction of sp³-hybridized carbons (Fsp3) is 0.895. The maximum absolute atomic E-state index is 11.8. The lowest BCUT2D eigenvalue weighted by atomic mass is 9.78. The van der Waals surface area contributed by atoms with E-state index < -0.39 is 115 Å². The largest absolute Gasteiger partial charge is 0.479 e. The van der Waals surface area contributed by atoms with Crippen LogP contribution in [0, 0.1) is 17.8 Å². The van der Waals surface area contributed by atoms with E-state index in [1.807, 2.05) is 0 Å². The fourth-order valence-electron chi connectivity index (χ4n) is 4.62. The van der Waals surface area contributed by atoms with Crippen LogP contribution in [-0.2, 0) is 33.9 Å². The van der Waals surface area contributed by atoms with Crippen LogP contribution in [-0.4, -0.2) is 137 Å². The van der Waals surface area contributed by atoms with Gasteiger partial charge >= 0.3 is 5.97 Å². The van der Waals surface area contributed by atoms with Crippen LogP contribution in [0.25, 0.3) is 0 Å². The van der Waals surface area contributed by atoms with Gasteiger partial charge in [-0.05, 0) is 0 Å². The first-order valence-electron chi connectivity index (χ1n) is 10.9. The van der Waals surface area contributed by atoms with Crippen molar-refractivity contribution in [1.82, 2.24) is 5.32 Å². The van der Waals surface area contributed by atoms with Crippen molar-refractivity contribution in [2.24, 2.45) is 17.8 Å². The summed E-state index contributed by atoms with van der Waals surface area (Å²) < 4.78 is 49.1. The molecule has 0 aromatic carbocycles. The Morgan fingerprint density at radius 1 is 0.886 bits per heavy atom. The van der Waals surface area contributed by atoms with Gasteiger partial charge in [0.2, 0.25) is 5.91 Å². The van der Waals surface area contributed by atoms with Crippen LogP contribution in [0.15, 0.2) is 0 Å². The highest BCUT2D eigenvalue weighted by Crippen LogP contribution is 2.33. The molecule has 0 radical (unpaired) electrons. The van der Waals surface area contributed by atoms with Gasteiger partial charge < -0.3 is 50.2 Å². The molecule has 204 valence electrons. The summed E-state index contributed by atoms with van der Waals surface area (Å²) >= 11 is 0. The second kappa shape index (κ2) is 12.7. The zero-order valence-corrected chi connectivity index (χ0v) is 19.7. The summed E-state index contributed by atoms with van der Waals surface area (Å²) in [6.45, 7) is -1.68. The number of hydrogen-bond acceptors (Lipinski definition) is 12. The standard InChI is InChI=1S/C19H33NO14S/c1-8(24)20-15-10(11(7-35(29,30)31)12(3-22)33-13(15)4-23)5-32-6-14-17(26)16(25)9(2-21)18(34-14)19(27)28/h9-18,21-23,25-26H,2-7H2,1H3,(H,20,24)(H,27,28)(H,29,30,31). The summed E-state index contributed by atoms with van der Waals surface area (Å²) in [5, 5.41) is 61.1. The molecule has 0 saturated carbocycles. The van der Waals surface area contributed by atoms with Gasteiger partial charge in [-0.15, -0.1) is 0 Å². The molecule has 2 saturated heterocycles. The molecule has 2 rings (SSSR count). The smallest absolute Gasteiger partial charge is 0.333 e. The van der Waals surface area contributed by atoms with Crippen molar-refractivity contribution in [3.8, 4) is 0 Å². The molecule has 0 bridgehead atoms. The van der Waals surface area contributed by atoms with Crippen molar-refractivity contribution in [2.45, 2.75) is 49.6 Å². The van der Waals surface area contributed by atoms with Gasteiger partial charge in [0.15, 0.2) is 6.10 Å². The molecular formula is C19H33NO14S. The number of carboxylic acid groups (broad SMARTS) is 1. The highest BCUT2D eigenvalue weighted by atomic mass is 32.2. The Morgan fingerprint density at radius 2 is 1.51 bits per heavy atom. The molecule has 0 aromatic rings. The first-order valence-corrected chi connectivity index (χ1v) is 12.5. The molecule has 8 N–H and O–H groups in total. The topological polar surface area (TPSA) is 250 Å². The van der Waals surface area contributed by atoms with Crippen LogP contribution in [0.3, 0.4) is 0 Å². The molecule has 0 aliphatic carbocycles. The molecule has 2 heterocycles. The first-order chi connectivity index (χ1) is 16.3. The third-order valence-electron chi connectivity index (χ3n) is 6.30. The number of nitrogens with one attached hydrogen (secondary N) is 1. The van der Waals surface area contributed by atoms with E-state index in [1.54, 1.807) is 0 Å². The van der Waals surface area contributed by atoms with Crippen LogP contribution in [0.2, 0.25) is 0 Å². The van der Waals surface area contributed by atoms with Crippen LogP contribution in [0.1, 0.15) is 6.92 Å². The number of aliphatic hydroxyl groups is 5. The van der Waals surface area contributed by atoms with E-state index >= 15 is 0 Å². The van der Waals surface area contributed by atoms with Crippen LogP contribution < -0.4 is 5.32 Å². The summed E-state index contributed by atoms with van der Waals surface area (Å²) in [5.74, 6) is -6.18. The third-order valence-corrected chi connectivity index (χ3v) is 7.10. The number of rotatable bonds is 11. The molecule has 35 heavy (non-hydrogen) atoms. The SMILES string of the molecule is CC(=O)NC1C(CO)OC(CO)C(CS(=O)(=O)O)C1COCC1OC(C(=O)O)C(CO)C(O)C1O. The highest BCUT2D eigenvalue weighted by molar-refractivity contribution is 7.85. The summed E-state index contributed by atoms with van der Waals surface area (Å²) in [5.41, 5.74) is 0. The molecule has 16 heteroatoms. The first kappa shape index (κ1) is 29.8. The molecule has 10 unspecified atom stereocenters. The monoisotopic (exact) mass is 531 g/mol. The molecule has 0 aromatic heterocycles. The molecule has 15 nitrogen and oxygen atoms in total. The Balaban J connectivity index is 2.23. The van der Waals surface area contributed by atoms with Gasteiger partial charge in [0.05, 0.1) is 57.0 Å². The number of carbonyl (C=O) groups excluding carboxylic acids is 1. The molecule has 2 aliphatic heterocycles. The molecule has 0 spiro atoms. The molecule has 2 aliphatic rings. The number of ether oxygens (including phenoxy) is 3. The van der Waals surface area contributed by atoms with E-state index in [-0.39, 0.29) is 6.61 Å². The van der Waals surface area contributed by atoms with Gasteiger partial charge in [0, 0.05) is 24.7 Å². The Hall–Kier alpha value is -1.47. The van der Waals surface area contributed by atoms with Gasteiger partial charge in [-0.3, -0.25) is 9.35 Å². The van der Waals surface area contributed by atoms with E-state index in [1.165, 1.54) is 6.92 Å². The Kier molecular flexibility index (Phi) is 10.8. The second-order valence-corrected chi connectivity index (χ2v) is 10.2. The molecular weight excluding hydrogens is 498 g/mol. The zero-order chi connectivity index (χ0) is 26.5. The summed E-state index contributed by atoms with van der Waals surface area (Å²) in [6.07, 6.45) is -8.42. The highest BCUT2D eigenvalue weighted by Gasteiger charge is 2.49. The minimum Gasteiger partial charge on any atom is -0.479 e. The Bertz CT molecular complexity index is 824. The van der Waals surface area contributed by atoms with Gasteiger partial charge in [-0.2, -0.15) is 8.42 Å². The zero-order valence-electron chi connectivity index (χ0n) is 18.9. The average molecular weight is 532 g/mol. The van der Waals surface area contributed by atoms with Gasteiger partial charge in [-0.25, -0.2) is 4.79 Å². The maximum Gasteiger partial charge on any atom is 0.333 e. The van der Waals surface area contributed by atoms with Crippen molar-refractivity contribution in [3.63, 3.8) is 0 Å². The van der Waals surface area contributed by atoms with Crippen LogP contribution in [0.5, 0.6) is 0 Å². The maximum atomic E-state index is 11.8.